The highest BCUT2D eigenvalue weighted by molar-refractivity contribution is 5.87. The molecule has 1 unspecified atom stereocenters. The number of urea groups is 1. The summed E-state index contributed by atoms with van der Waals surface area (Å²) in [6.45, 7) is 6.69. The maximum atomic E-state index is 12.9. The van der Waals surface area contributed by atoms with E-state index in [9.17, 15) is 4.79 Å². The summed E-state index contributed by atoms with van der Waals surface area (Å²) in [5.41, 5.74) is 4.61. The number of carbonyl (C=O) groups excluding carboxylic acids is 1. The summed E-state index contributed by atoms with van der Waals surface area (Å²) in [5.74, 6) is 1.63. The lowest BCUT2D eigenvalue weighted by molar-refractivity contribution is 0.205. The van der Waals surface area contributed by atoms with Gasteiger partial charge in [-0.2, -0.15) is 4.98 Å². The topological polar surface area (TPSA) is 80.5 Å². The second-order valence-corrected chi connectivity index (χ2v) is 7.78. The van der Waals surface area contributed by atoms with Crippen LogP contribution in [-0.2, 0) is 6.42 Å². The van der Waals surface area contributed by atoms with Crippen molar-refractivity contribution >= 4 is 11.6 Å². The molecule has 0 spiro atoms. The van der Waals surface area contributed by atoms with Crippen LogP contribution in [0.15, 0.2) is 58.8 Å². The van der Waals surface area contributed by atoms with E-state index < -0.39 is 6.04 Å². The van der Waals surface area contributed by atoms with Crippen LogP contribution >= 0.6 is 0 Å². The number of amides is 2. The van der Waals surface area contributed by atoms with E-state index in [1.807, 2.05) is 50.2 Å². The second kappa shape index (κ2) is 9.26. The van der Waals surface area contributed by atoms with E-state index in [0.29, 0.717) is 24.0 Å². The lowest BCUT2D eigenvalue weighted by Crippen LogP contribution is -2.46. The maximum absolute atomic E-state index is 12.9. The summed E-state index contributed by atoms with van der Waals surface area (Å²) in [6.07, 6.45) is 1.81. The molecule has 0 aliphatic carbocycles. The van der Waals surface area contributed by atoms with Crippen molar-refractivity contribution in [2.45, 2.75) is 39.7 Å². The van der Waals surface area contributed by atoms with Crippen LogP contribution in [0, 0.1) is 0 Å². The van der Waals surface area contributed by atoms with Crippen LogP contribution < -0.4 is 10.1 Å². The molecule has 166 valence electrons. The van der Waals surface area contributed by atoms with E-state index in [1.54, 1.807) is 12.0 Å². The zero-order valence-electron chi connectivity index (χ0n) is 18.9. The van der Waals surface area contributed by atoms with Crippen molar-refractivity contribution in [2.24, 2.45) is 0 Å². The van der Waals surface area contributed by atoms with Crippen LogP contribution in [0.4, 0.5) is 4.79 Å². The van der Waals surface area contributed by atoms with E-state index in [2.05, 4.69) is 29.5 Å². The van der Waals surface area contributed by atoms with Crippen LogP contribution in [0.2, 0.25) is 0 Å². The number of allylic oxidation sites excluding steroid dienone is 1. The standard InChI is InChI=1S/C25H28N4O3/c1-5-14-29-16(3)21(22(26-25(29)30)19-8-7-9-20(15-19)31-4)24-27-23(28-32-24)18-12-10-17(6-2)11-13-18/h7-13,15,22H,5-6,14H2,1-4H3,(H,26,30). The Morgan fingerprint density at radius 2 is 1.94 bits per heavy atom. The molecule has 1 aliphatic heterocycles. The molecule has 1 N–H and O–H groups in total. The van der Waals surface area contributed by atoms with Crippen LogP contribution in [0.5, 0.6) is 5.75 Å². The van der Waals surface area contributed by atoms with Gasteiger partial charge in [-0.15, -0.1) is 0 Å². The Balaban J connectivity index is 1.79. The molecule has 7 nitrogen and oxygen atoms in total. The van der Waals surface area contributed by atoms with Crippen molar-refractivity contribution in [1.82, 2.24) is 20.4 Å². The van der Waals surface area contributed by atoms with Crippen molar-refractivity contribution in [1.29, 1.82) is 0 Å². The van der Waals surface area contributed by atoms with E-state index in [1.165, 1.54) is 5.56 Å². The molecule has 1 aliphatic rings. The van der Waals surface area contributed by atoms with Crippen LogP contribution in [0.25, 0.3) is 17.0 Å². The third-order valence-electron chi connectivity index (χ3n) is 5.75. The van der Waals surface area contributed by atoms with E-state index >= 15 is 0 Å². The van der Waals surface area contributed by atoms with Gasteiger partial charge >= 0.3 is 6.03 Å². The van der Waals surface area contributed by atoms with Crippen molar-refractivity contribution in [3.8, 4) is 17.1 Å². The highest BCUT2D eigenvalue weighted by atomic mass is 16.5. The second-order valence-electron chi connectivity index (χ2n) is 7.78. The number of nitrogens with zero attached hydrogens (tertiary/aromatic N) is 3. The average molecular weight is 433 g/mol. The van der Waals surface area contributed by atoms with Crippen LogP contribution in [0.3, 0.4) is 0 Å². The van der Waals surface area contributed by atoms with E-state index in [0.717, 1.165) is 35.2 Å². The molecule has 32 heavy (non-hydrogen) atoms. The minimum absolute atomic E-state index is 0.143. The van der Waals surface area contributed by atoms with Gasteiger partial charge < -0.3 is 14.6 Å². The third kappa shape index (κ3) is 4.10. The van der Waals surface area contributed by atoms with Gasteiger partial charge in [-0.25, -0.2) is 4.79 Å². The molecule has 0 saturated heterocycles. The minimum atomic E-state index is -0.429. The molecule has 3 aromatic rings. The van der Waals surface area contributed by atoms with Gasteiger partial charge in [0.25, 0.3) is 5.89 Å². The van der Waals surface area contributed by atoms with Crippen LogP contribution in [0.1, 0.15) is 50.3 Å². The highest BCUT2D eigenvalue weighted by Crippen LogP contribution is 2.38. The fourth-order valence-corrected chi connectivity index (χ4v) is 3.96. The number of rotatable bonds is 7. The molecule has 2 amide bonds. The quantitative estimate of drug-likeness (QED) is 0.554. The molecule has 2 aromatic carbocycles. The molecule has 0 saturated carbocycles. The van der Waals surface area contributed by atoms with Gasteiger partial charge in [-0.3, -0.25) is 4.90 Å². The number of methoxy groups -OCH3 is 1. The molecule has 1 atom stereocenters. The summed E-state index contributed by atoms with van der Waals surface area (Å²) in [7, 11) is 1.62. The Kier molecular flexibility index (Phi) is 6.25. The Morgan fingerprint density at radius 3 is 2.62 bits per heavy atom. The number of hydrogen-bond acceptors (Lipinski definition) is 5. The SMILES string of the molecule is CCCN1C(=O)NC(c2cccc(OC)c2)C(c2nc(-c3ccc(CC)cc3)no2)=C1C. The predicted octanol–water partition coefficient (Wildman–Crippen LogP) is 5.22. The monoisotopic (exact) mass is 432 g/mol. The number of carbonyl (C=O) groups is 1. The zero-order valence-corrected chi connectivity index (χ0v) is 18.9. The first-order valence-corrected chi connectivity index (χ1v) is 10.9. The molecule has 7 heteroatoms. The van der Waals surface area contributed by atoms with Gasteiger partial charge in [0, 0.05) is 17.8 Å². The third-order valence-corrected chi connectivity index (χ3v) is 5.75. The van der Waals surface area contributed by atoms with Crippen LogP contribution in [-0.4, -0.2) is 34.7 Å². The number of nitrogens with one attached hydrogen (secondary N) is 1. The molecule has 1 aromatic heterocycles. The first kappa shape index (κ1) is 21.6. The summed E-state index contributed by atoms with van der Waals surface area (Å²) in [6, 6.07) is 15.2. The van der Waals surface area contributed by atoms with E-state index in [-0.39, 0.29) is 6.03 Å². The van der Waals surface area contributed by atoms with Crippen molar-refractivity contribution < 1.29 is 14.1 Å². The fourth-order valence-electron chi connectivity index (χ4n) is 3.96. The Hall–Kier alpha value is -3.61. The maximum Gasteiger partial charge on any atom is 0.322 e. The highest BCUT2D eigenvalue weighted by Gasteiger charge is 2.35. The summed E-state index contributed by atoms with van der Waals surface area (Å²) < 4.78 is 11.1. The van der Waals surface area contributed by atoms with Gasteiger partial charge in [0.2, 0.25) is 5.82 Å². The molecule has 0 radical (unpaired) electrons. The van der Waals surface area contributed by atoms with Gasteiger partial charge in [0.1, 0.15) is 5.75 Å². The lowest BCUT2D eigenvalue weighted by atomic mass is 9.94. The fraction of sp³-hybridized carbons (Fsp3) is 0.320. The molecule has 0 bridgehead atoms. The molecular weight excluding hydrogens is 404 g/mol. The Labute approximate surface area is 188 Å². The molecule has 4 rings (SSSR count). The average Bonchev–Trinajstić information content (AvgIpc) is 3.31. The zero-order chi connectivity index (χ0) is 22.7. The molecule has 2 heterocycles. The normalized spacial score (nSPS) is 16.3. The van der Waals surface area contributed by atoms with Gasteiger partial charge in [0.05, 0.1) is 18.7 Å². The molecule has 0 fully saturated rings. The number of aromatic nitrogens is 2. The Morgan fingerprint density at radius 1 is 1.16 bits per heavy atom. The number of aryl methyl sites for hydroxylation is 1. The summed E-state index contributed by atoms with van der Waals surface area (Å²) in [4.78, 5) is 19.3. The lowest BCUT2D eigenvalue weighted by Gasteiger charge is -2.35. The van der Waals surface area contributed by atoms with Crippen molar-refractivity contribution in [3.05, 3.63) is 71.2 Å². The first-order chi connectivity index (χ1) is 15.5. The van der Waals surface area contributed by atoms with Crippen molar-refractivity contribution in [2.75, 3.05) is 13.7 Å². The predicted molar refractivity (Wildman–Crippen MR) is 123 cm³/mol. The van der Waals surface area contributed by atoms with E-state index in [4.69, 9.17) is 14.2 Å². The van der Waals surface area contributed by atoms with Gasteiger partial charge in [0.15, 0.2) is 0 Å². The largest absolute Gasteiger partial charge is 0.497 e. The van der Waals surface area contributed by atoms with Gasteiger partial charge in [-0.1, -0.05) is 55.4 Å². The number of hydrogen-bond donors (Lipinski definition) is 1. The number of benzene rings is 2. The molecular formula is C25H28N4O3. The van der Waals surface area contributed by atoms with Gasteiger partial charge in [-0.05, 0) is 43.0 Å². The Bertz CT molecular complexity index is 1130. The smallest absolute Gasteiger partial charge is 0.322 e. The summed E-state index contributed by atoms with van der Waals surface area (Å²) >= 11 is 0. The summed E-state index contributed by atoms with van der Waals surface area (Å²) in [5, 5.41) is 7.34. The first-order valence-electron chi connectivity index (χ1n) is 10.9. The van der Waals surface area contributed by atoms with Crippen molar-refractivity contribution in [3.63, 3.8) is 0 Å². The number of ether oxygens (including phenoxy) is 1. The minimum Gasteiger partial charge on any atom is -0.497 e.